The molecule has 0 aliphatic carbocycles. The topological polar surface area (TPSA) is 66.5 Å². The molecule has 0 fully saturated rings. The van der Waals surface area contributed by atoms with Crippen molar-refractivity contribution in [2.75, 3.05) is 13.2 Å². The van der Waals surface area contributed by atoms with Crippen LogP contribution in [0.1, 0.15) is 12.8 Å². The van der Waals surface area contributed by atoms with Crippen LogP contribution < -0.4 is 5.73 Å². The van der Waals surface area contributed by atoms with Crippen LogP contribution in [0.2, 0.25) is 0 Å². The van der Waals surface area contributed by atoms with Crippen molar-refractivity contribution in [2.24, 2.45) is 5.73 Å². The predicted molar refractivity (Wildman–Crippen MR) is 31.4 cm³/mol. The lowest BCUT2D eigenvalue weighted by molar-refractivity contribution is 0.157. The summed E-state index contributed by atoms with van der Waals surface area (Å²) in [5.41, 5.74) is 5.08. The van der Waals surface area contributed by atoms with Gasteiger partial charge in [-0.2, -0.15) is 0 Å². The maximum atomic E-state index is 8.75. The van der Waals surface area contributed by atoms with Crippen LogP contribution in [0.4, 0.5) is 0 Å². The Labute approximate surface area is 49.1 Å². The molecule has 0 aromatic carbocycles. The van der Waals surface area contributed by atoms with Crippen LogP contribution in [0.3, 0.4) is 0 Å². The molecule has 0 aliphatic rings. The molecule has 0 aromatic heterocycles. The summed E-state index contributed by atoms with van der Waals surface area (Å²) in [5.74, 6) is 0. The number of aliphatic hydroxyl groups excluding tert-OH is 2. The predicted octanol–water partition coefficient (Wildman–Crippen LogP) is -0.922. The number of nitrogens with two attached hydrogens (primary N) is 1. The van der Waals surface area contributed by atoms with E-state index in [1.807, 2.05) is 0 Å². The van der Waals surface area contributed by atoms with Gasteiger partial charge < -0.3 is 15.9 Å². The molecule has 0 saturated carbocycles. The smallest absolute Gasteiger partial charge is 0.0663 e. The number of rotatable bonds is 4. The third kappa shape index (κ3) is 4.05. The van der Waals surface area contributed by atoms with Gasteiger partial charge in [0, 0.05) is 13.2 Å². The van der Waals surface area contributed by atoms with Gasteiger partial charge in [0.1, 0.15) is 0 Å². The second-order valence-corrected chi connectivity index (χ2v) is 1.76. The zero-order valence-corrected chi connectivity index (χ0v) is 4.88. The molecule has 3 nitrogen and oxygen atoms in total. The SMILES string of the molecule is NC[C@@H](O)CCCO. The molecule has 3 heteroatoms. The van der Waals surface area contributed by atoms with Crippen molar-refractivity contribution in [2.45, 2.75) is 18.9 Å². The minimum absolute atomic E-state index is 0.136. The molecule has 0 unspecified atom stereocenters. The maximum Gasteiger partial charge on any atom is 0.0663 e. The third-order valence-corrected chi connectivity index (χ3v) is 0.968. The molecule has 1 atom stereocenters. The van der Waals surface area contributed by atoms with Gasteiger partial charge in [0.05, 0.1) is 6.10 Å². The Morgan fingerprint density at radius 2 is 2.12 bits per heavy atom. The fourth-order valence-corrected chi connectivity index (χ4v) is 0.445. The minimum atomic E-state index is -0.429. The first-order chi connectivity index (χ1) is 3.81. The lowest BCUT2D eigenvalue weighted by Crippen LogP contribution is -2.19. The fourth-order valence-electron chi connectivity index (χ4n) is 0.445. The molecule has 0 heterocycles. The lowest BCUT2D eigenvalue weighted by atomic mass is 10.2. The van der Waals surface area contributed by atoms with Crippen molar-refractivity contribution in [1.82, 2.24) is 0 Å². The highest BCUT2D eigenvalue weighted by Crippen LogP contribution is 1.92. The number of hydrogen-bond donors (Lipinski definition) is 3. The Bertz CT molecular complexity index is 49.7. The quantitative estimate of drug-likeness (QED) is 0.448. The van der Waals surface area contributed by atoms with E-state index in [4.69, 9.17) is 15.9 Å². The molecule has 0 aliphatic heterocycles. The molecule has 8 heavy (non-hydrogen) atoms. The van der Waals surface area contributed by atoms with E-state index in [1.165, 1.54) is 0 Å². The van der Waals surface area contributed by atoms with E-state index in [2.05, 4.69) is 0 Å². The number of hydrogen-bond acceptors (Lipinski definition) is 3. The van der Waals surface area contributed by atoms with Gasteiger partial charge in [0.15, 0.2) is 0 Å². The first kappa shape index (κ1) is 7.88. The van der Waals surface area contributed by atoms with Crippen molar-refractivity contribution in [3.63, 3.8) is 0 Å². The van der Waals surface area contributed by atoms with Gasteiger partial charge in [0.2, 0.25) is 0 Å². The molecular formula is C5H13NO2. The first-order valence-electron chi connectivity index (χ1n) is 2.80. The molecule has 0 saturated heterocycles. The van der Waals surface area contributed by atoms with Crippen LogP contribution in [0, 0.1) is 0 Å². The largest absolute Gasteiger partial charge is 0.396 e. The van der Waals surface area contributed by atoms with Gasteiger partial charge in [-0.25, -0.2) is 0 Å². The van der Waals surface area contributed by atoms with Gasteiger partial charge in [-0.15, -0.1) is 0 Å². The Morgan fingerprint density at radius 1 is 1.50 bits per heavy atom. The van der Waals surface area contributed by atoms with E-state index in [0.29, 0.717) is 19.4 Å². The van der Waals surface area contributed by atoms with E-state index in [-0.39, 0.29) is 6.61 Å². The normalized spacial score (nSPS) is 13.9. The Hall–Kier alpha value is -0.120. The average molecular weight is 119 g/mol. The molecule has 0 bridgehead atoms. The summed E-state index contributed by atoms with van der Waals surface area (Å²) in [6.45, 7) is 0.428. The highest BCUT2D eigenvalue weighted by atomic mass is 16.3. The highest BCUT2D eigenvalue weighted by molar-refractivity contribution is 4.53. The monoisotopic (exact) mass is 119 g/mol. The van der Waals surface area contributed by atoms with Crippen molar-refractivity contribution in [1.29, 1.82) is 0 Å². The zero-order chi connectivity index (χ0) is 6.41. The second-order valence-electron chi connectivity index (χ2n) is 1.76. The van der Waals surface area contributed by atoms with Crippen molar-refractivity contribution >= 4 is 0 Å². The van der Waals surface area contributed by atoms with Crippen molar-refractivity contribution in [3.8, 4) is 0 Å². The maximum absolute atomic E-state index is 8.75. The molecule has 0 amide bonds. The average Bonchev–Trinajstić information content (AvgIpc) is 1.83. The van der Waals surface area contributed by atoms with Crippen LogP contribution in [0.25, 0.3) is 0 Å². The molecule has 50 valence electrons. The summed E-state index contributed by atoms with van der Waals surface area (Å²) in [4.78, 5) is 0. The lowest BCUT2D eigenvalue weighted by Gasteiger charge is -2.03. The van der Waals surface area contributed by atoms with Gasteiger partial charge in [0.25, 0.3) is 0 Å². The molecule has 0 radical (unpaired) electrons. The molecule has 4 N–H and O–H groups in total. The second kappa shape index (κ2) is 5.03. The van der Waals surface area contributed by atoms with Crippen molar-refractivity contribution < 1.29 is 10.2 Å². The van der Waals surface area contributed by atoms with Gasteiger partial charge >= 0.3 is 0 Å². The fraction of sp³-hybridized carbons (Fsp3) is 1.00. The van der Waals surface area contributed by atoms with Crippen LogP contribution in [0.15, 0.2) is 0 Å². The van der Waals surface area contributed by atoms with E-state index in [9.17, 15) is 0 Å². The van der Waals surface area contributed by atoms with Gasteiger partial charge in [-0.05, 0) is 12.8 Å². The standard InChI is InChI=1S/C5H13NO2/c6-4-5(8)2-1-3-7/h5,7-8H,1-4,6H2/t5-/m0/s1. The van der Waals surface area contributed by atoms with E-state index in [0.717, 1.165) is 0 Å². The van der Waals surface area contributed by atoms with Crippen LogP contribution in [-0.2, 0) is 0 Å². The Balaban J connectivity index is 2.86. The summed E-state index contributed by atoms with van der Waals surface area (Å²) in [6, 6.07) is 0. The third-order valence-electron chi connectivity index (χ3n) is 0.968. The van der Waals surface area contributed by atoms with Crippen LogP contribution in [0.5, 0.6) is 0 Å². The van der Waals surface area contributed by atoms with Crippen LogP contribution in [-0.4, -0.2) is 29.5 Å². The molecule has 0 aromatic rings. The molecular weight excluding hydrogens is 106 g/mol. The highest BCUT2D eigenvalue weighted by Gasteiger charge is 1.97. The van der Waals surface area contributed by atoms with E-state index < -0.39 is 6.10 Å². The Kier molecular flexibility index (Phi) is 4.95. The zero-order valence-electron chi connectivity index (χ0n) is 4.88. The van der Waals surface area contributed by atoms with E-state index in [1.54, 1.807) is 0 Å². The summed E-state index contributed by atoms with van der Waals surface area (Å²) < 4.78 is 0. The summed E-state index contributed by atoms with van der Waals surface area (Å²) in [7, 11) is 0. The van der Waals surface area contributed by atoms with Gasteiger partial charge in [-0.3, -0.25) is 0 Å². The Morgan fingerprint density at radius 3 is 2.50 bits per heavy atom. The first-order valence-corrected chi connectivity index (χ1v) is 2.80. The summed E-state index contributed by atoms with van der Waals surface area (Å²) >= 11 is 0. The molecule has 0 spiro atoms. The molecule has 0 rings (SSSR count). The summed E-state index contributed by atoms with van der Waals surface area (Å²) in [6.07, 6.45) is 0.813. The minimum Gasteiger partial charge on any atom is -0.396 e. The van der Waals surface area contributed by atoms with Gasteiger partial charge in [-0.1, -0.05) is 0 Å². The van der Waals surface area contributed by atoms with Crippen LogP contribution >= 0.6 is 0 Å². The number of aliphatic hydroxyl groups is 2. The van der Waals surface area contributed by atoms with Crippen molar-refractivity contribution in [3.05, 3.63) is 0 Å². The van der Waals surface area contributed by atoms with E-state index >= 15 is 0 Å². The summed E-state index contributed by atoms with van der Waals surface area (Å²) in [5, 5.41) is 17.0.